The first-order chi connectivity index (χ1) is 6.16. The van der Waals surface area contributed by atoms with E-state index in [4.69, 9.17) is 0 Å². The molecule has 0 radical (unpaired) electrons. The van der Waals surface area contributed by atoms with E-state index in [2.05, 4.69) is 0 Å². The zero-order valence-electron chi connectivity index (χ0n) is 6.82. The number of aryl methyl sites for hydroxylation is 1. The first-order valence-corrected chi connectivity index (χ1v) is 3.37. The third-order valence-corrected chi connectivity index (χ3v) is 1.58. The minimum absolute atomic E-state index is 0.216. The van der Waals surface area contributed by atoms with E-state index in [0.29, 0.717) is 4.68 Å². The molecule has 0 unspecified atom stereocenters. The lowest BCUT2D eigenvalue weighted by atomic mass is 10.2. The van der Waals surface area contributed by atoms with Gasteiger partial charge in [-0.15, -0.1) is 0 Å². The highest BCUT2D eigenvalue weighted by atomic mass is 19.4. The van der Waals surface area contributed by atoms with Crippen LogP contribution in [0.15, 0.2) is 10.9 Å². The highest BCUT2D eigenvalue weighted by Crippen LogP contribution is 2.42. The van der Waals surface area contributed by atoms with E-state index in [1.54, 1.807) is 5.10 Å². The van der Waals surface area contributed by atoms with Crippen molar-refractivity contribution in [3.05, 3.63) is 22.1 Å². The van der Waals surface area contributed by atoms with Crippen molar-refractivity contribution in [3.63, 3.8) is 0 Å². The van der Waals surface area contributed by atoms with Gasteiger partial charge in [-0.3, -0.25) is 14.6 Å². The first kappa shape index (κ1) is 10.7. The summed E-state index contributed by atoms with van der Waals surface area (Å²) in [4.78, 5) is 10.6. The summed E-state index contributed by atoms with van der Waals surface area (Å²) < 4.78 is 61.0. The Bertz CT molecular complexity index is 388. The van der Waals surface area contributed by atoms with Gasteiger partial charge in [-0.25, -0.2) is 0 Å². The van der Waals surface area contributed by atoms with Crippen LogP contribution in [0.4, 0.5) is 22.0 Å². The Balaban J connectivity index is 3.23. The Labute approximate surface area is 74.1 Å². The van der Waals surface area contributed by atoms with Crippen molar-refractivity contribution >= 4 is 0 Å². The second kappa shape index (κ2) is 2.82. The molecule has 0 aliphatic rings. The zero-order valence-corrected chi connectivity index (χ0v) is 6.82. The van der Waals surface area contributed by atoms with Crippen LogP contribution in [-0.2, 0) is 13.0 Å². The second-order valence-corrected chi connectivity index (χ2v) is 2.64. The molecule has 0 saturated carbocycles. The van der Waals surface area contributed by atoms with E-state index < -0.39 is 23.4 Å². The van der Waals surface area contributed by atoms with Crippen LogP contribution in [0.5, 0.6) is 0 Å². The maximum atomic E-state index is 12.5. The van der Waals surface area contributed by atoms with Crippen molar-refractivity contribution in [2.24, 2.45) is 7.05 Å². The summed E-state index contributed by atoms with van der Waals surface area (Å²) in [6.07, 6.45) is -5.71. The molecule has 0 amide bonds. The second-order valence-electron chi connectivity index (χ2n) is 2.64. The molecule has 0 aromatic carbocycles. The van der Waals surface area contributed by atoms with E-state index in [9.17, 15) is 26.7 Å². The number of aromatic nitrogens is 2. The molecule has 0 saturated heterocycles. The average Bonchev–Trinajstić information content (AvgIpc) is 2.30. The molecule has 0 atom stereocenters. The summed E-state index contributed by atoms with van der Waals surface area (Å²) in [6, 6.07) is 0.216. The Morgan fingerprint density at radius 3 is 2.07 bits per heavy atom. The van der Waals surface area contributed by atoms with E-state index in [-0.39, 0.29) is 6.07 Å². The molecule has 0 fully saturated rings. The molecule has 3 nitrogen and oxygen atoms in total. The Morgan fingerprint density at radius 2 is 1.79 bits per heavy atom. The summed E-state index contributed by atoms with van der Waals surface area (Å²) in [5.41, 5.74) is -2.42. The molecular formula is C6H5F5N2O. The van der Waals surface area contributed by atoms with E-state index >= 15 is 0 Å². The summed E-state index contributed by atoms with van der Waals surface area (Å²) in [7, 11) is 1.04. The molecule has 14 heavy (non-hydrogen) atoms. The number of alkyl halides is 5. The quantitative estimate of drug-likeness (QED) is 0.707. The van der Waals surface area contributed by atoms with Crippen LogP contribution in [0, 0.1) is 0 Å². The Hall–Kier alpha value is -1.34. The minimum atomic E-state index is -5.71. The standard InChI is InChI=1S/C6H5F5N2O/c1-13-4(14)2-3(12-13)5(7,8)6(9,10)11/h2,12H,1H3. The van der Waals surface area contributed by atoms with Crippen LogP contribution < -0.4 is 5.56 Å². The fraction of sp³-hybridized carbons (Fsp3) is 0.500. The van der Waals surface area contributed by atoms with Crippen LogP contribution >= 0.6 is 0 Å². The summed E-state index contributed by atoms with van der Waals surface area (Å²) >= 11 is 0. The van der Waals surface area contributed by atoms with Crippen molar-refractivity contribution < 1.29 is 22.0 Å². The molecule has 0 aliphatic heterocycles. The van der Waals surface area contributed by atoms with Gasteiger partial charge in [0.05, 0.1) is 0 Å². The van der Waals surface area contributed by atoms with Crippen LogP contribution in [0.25, 0.3) is 0 Å². The topological polar surface area (TPSA) is 37.8 Å². The van der Waals surface area contributed by atoms with Crippen molar-refractivity contribution in [3.8, 4) is 0 Å². The lowest BCUT2D eigenvalue weighted by Gasteiger charge is -2.17. The highest BCUT2D eigenvalue weighted by Gasteiger charge is 2.60. The third-order valence-electron chi connectivity index (χ3n) is 1.58. The predicted molar refractivity (Wildman–Crippen MR) is 36.0 cm³/mol. The molecule has 1 aromatic rings. The SMILES string of the molecule is Cn1[nH]c(C(F)(F)C(F)(F)F)cc1=O. The number of halogens is 5. The molecule has 0 spiro atoms. The zero-order chi connectivity index (χ0) is 11.1. The number of rotatable bonds is 1. The van der Waals surface area contributed by atoms with Crippen LogP contribution in [0.2, 0.25) is 0 Å². The number of nitrogens with zero attached hydrogens (tertiary/aromatic N) is 1. The largest absolute Gasteiger partial charge is 0.459 e. The van der Waals surface area contributed by atoms with Gasteiger partial charge < -0.3 is 0 Å². The van der Waals surface area contributed by atoms with Gasteiger partial charge in [0.25, 0.3) is 5.56 Å². The van der Waals surface area contributed by atoms with Crippen LogP contribution in [0.1, 0.15) is 5.69 Å². The molecule has 1 heterocycles. The summed E-state index contributed by atoms with van der Waals surface area (Å²) in [6.45, 7) is 0. The van der Waals surface area contributed by atoms with Crippen molar-refractivity contribution in [1.82, 2.24) is 9.78 Å². The number of hydrogen-bond donors (Lipinski definition) is 1. The normalized spacial score (nSPS) is 13.3. The molecule has 0 bridgehead atoms. The van der Waals surface area contributed by atoms with Gasteiger partial charge >= 0.3 is 12.1 Å². The number of hydrogen-bond acceptors (Lipinski definition) is 1. The lowest BCUT2D eigenvalue weighted by Crippen LogP contribution is -2.34. The summed E-state index contributed by atoms with van der Waals surface area (Å²) in [5.74, 6) is -5.03. The maximum absolute atomic E-state index is 12.5. The van der Waals surface area contributed by atoms with Gasteiger partial charge in [0.2, 0.25) is 0 Å². The first-order valence-electron chi connectivity index (χ1n) is 3.37. The predicted octanol–water partition coefficient (Wildman–Crippen LogP) is 1.37. The molecular weight excluding hydrogens is 211 g/mol. The van der Waals surface area contributed by atoms with Crippen LogP contribution in [0.3, 0.4) is 0 Å². The van der Waals surface area contributed by atoms with Gasteiger partial charge in [-0.2, -0.15) is 22.0 Å². The Morgan fingerprint density at radius 1 is 1.29 bits per heavy atom. The van der Waals surface area contributed by atoms with Gasteiger partial charge in [0.15, 0.2) is 0 Å². The number of H-pyrrole nitrogens is 1. The van der Waals surface area contributed by atoms with Gasteiger partial charge in [-0.05, 0) is 0 Å². The van der Waals surface area contributed by atoms with Crippen molar-refractivity contribution in [2.75, 3.05) is 0 Å². The van der Waals surface area contributed by atoms with E-state index in [1.165, 1.54) is 0 Å². The maximum Gasteiger partial charge on any atom is 0.459 e. The third kappa shape index (κ3) is 1.51. The monoisotopic (exact) mass is 216 g/mol. The minimum Gasteiger partial charge on any atom is -0.294 e. The van der Waals surface area contributed by atoms with Crippen molar-refractivity contribution in [1.29, 1.82) is 0 Å². The Kier molecular flexibility index (Phi) is 2.17. The molecule has 80 valence electrons. The van der Waals surface area contributed by atoms with Gasteiger partial charge in [0.1, 0.15) is 5.69 Å². The highest BCUT2D eigenvalue weighted by molar-refractivity contribution is 5.09. The number of aromatic amines is 1. The number of nitrogens with one attached hydrogen (secondary N) is 1. The van der Waals surface area contributed by atoms with Gasteiger partial charge in [-0.1, -0.05) is 0 Å². The molecule has 0 aliphatic carbocycles. The van der Waals surface area contributed by atoms with Crippen LogP contribution in [-0.4, -0.2) is 16.0 Å². The summed E-state index contributed by atoms with van der Waals surface area (Å²) in [5, 5.41) is 1.63. The fourth-order valence-electron chi connectivity index (χ4n) is 0.802. The molecule has 1 rings (SSSR count). The smallest absolute Gasteiger partial charge is 0.294 e. The average molecular weight is 216 g/mol. The van der Waals surface area contributed by atoms with Crippen molar-refractivity contribution in [2.45, 2.75) is 12.1 Å². The lowest BCUT2D eigenvalue weighted by molar-refractivity contribution is -0.291. The van der Waals surface area contributed by atoms with Gasteiger partial charge in [0, 0.05) is 13.1 Å². The van der Waals surface area contributed by atoms with E-state index in [0.717, 1.165) is 7.05 Å². The molecule has 8 heteroatoms. The molecule has 1 aromatic heterocycles. The van der Waals surface area contributed by atoms with E-state index in [1.807, 2.05) is 0 Å². The molecule has 1 N–H and O–H groups in total. The fourth-order valence-corrected chi connectivity index (χ4v) is 0.802.